The number of aliphatic carboxylic acids is 1. The van der Waals surface area contributed by atoms with Crippen LogP contribution in [-0.4, -0.2) is 47.7 Å². The van der Waals surface area contributed by atoms with E-state index in [9.17, 15) is 14.0 Å². The van der Waals surface area contributed by atoms with Crippen LogP contribution in [0.2, 0.25) is 0 Å². The molecule has 1 saturated heterocycles. The second kappa shape index (κ2) is 7.22. The fourth-order valence-corrected chi connectivity index (χ4v) is 2.37. The molecule has 2 amide bonds. The molecule has 0 saturated carbocycles. The molecule has 0 spiro atoms. The molecular weight excluding hydrogens is 291 g/mol. The second-order valence-electron chi connectivity index (χ2n) is 5.27. The lowest BCUT2D eigenvalue weighted by Crippen LogP contribution is -2.50. The average molecular weight is 310 g/mol. The lowest BCUT2D eigenvalue weighted by atomic mass is 10.1. The lowest BCUT2D eigenvalue weighted by Gasteiger charge is -2.37. The first-order valence-electron chi connectivity index (χ1n) is 7.11. The molecule has 2 rings (SSSR count). The van der Waals surface area contributed by atoms with Gasteiger partial charge in [-0.3, -0.25) is 4.79 Å². The van der Waals surface area contributed by atoms with Crippen LogP contribution in [0.1, 0.15) is 25.0 Å². The van der Waals surface area contributed by atoms with Crippen molar-refractivity contribution in [3.8, 4) is 0 Å². The molecule has 1 fully saturated rings. The van der Waals surface area contributed by atoms with E-state index in [1.54, 1.807) is 17.0 Å². The number of nitrogens with zero attached hydrogens (tertiary/aromatic N) is 1. The minimum atomic E-state index is -0.958. The maximum atomic E-state index is 13.0. The van der Waals surface area contributed by atoms with E-state index in [0.717, 1.165) is 5.56 Å². The van der Waals surface area contributed by atoms with Crippen LogP contribution < -0.4 is 5.32 Å². The van der Waals surface area contributed by atoms with Gasteiger partial charge in [0.15, 0.2) is 0 Å². The van der Waals surface area contributed by atoms with Gasteiger partial charge in [0.2, 0.25) is 0 Å². The van der Waals surface area contributed by atoms with Gasteiger partial charge in [-0.05, 0) is 24.6 Å². The SMILES string of the molecule is CC1CN(C(=O)NCCC(=O)O)CC(c2ccc(F)cc2)O1. The maximum Gasteiger partial charge on any atom is 0.317 e. The van der Waals surface area contributed by atoms with Crippen molar-refractivity contribution in [1.82, 2.24) is 10.2 Å². The monoisotopic (exact) mass is 310 g/mol. The summed E-state index contributed by atoms with van der Waals surface area (Å²) in [6, 6.07) is 5.67. The largest absolute Gasteiger partial charge is 0.481 e. The third-order valence-corrected chi connectivity index (χ3v) is 3.40. The molecule has 0 aliphatic carbocycles. The van der Waals surface area contributed by atoms with Crippen LogP contribution in [-0.2, 0) is 9.53 Å². The summed E-state index contributed by atoms with van der Waals surface area (Å²) < 4.78 is 18.8. The standard InChI is InChI=1S/C15H19FN2O4/c1-10-8-18(15(21)17-7-6-14(19)20)9-13(22-10)11-2-4-12(16)5-3-11/h2-5,10,13H,6-9H2,1H3,(H,17,21)(H,19,20). The predicted octanol–water partition coefficient (Wildman–Crippen LogP) is 1.77. The highest BCUT2D eigenvalue weighted by atomic mass is 19.1. The third kappa shape index (κ3) is 4.42. The highest BCUT2D eigenvalue weighted by Gasteiger charge is 2.29. The van der Waals surface area contributed by atoms with Crippen molar-refractivity contribution in [2.24, 2.45) is 0 Å². The van der Waals surface area contributed by atoms with E-state index < -0.39 is 5.97 Å². The average Bonchev–Trinajstić information content (AvgIpc) is 2.46. The molecule has 2 N–H and O–H groups in total. The summed E-state index contributed by atoms with van der Waals surface area (Å²) in [4.78, 5) is 24.1. The lowest BCUT2D eigenvalue weighted by molar-refractivity contribution is -0.136. The summed E-state index contributed by atoms with van der Waals surface area (Å²) in [5.74, 6) is -1.28. The number of amides is 2. The van der Waals surface area contributed by atoms with Crippen molar-refractivity contribution in [3.63, 3.8) is 0 Å². The number of nitrogens with one attached hydrogen (secondary N) is 1. The summed E-state index contributed by atoms with van der Waals surface area (Å²) in [5, 5.41) is 11.2. The van der Waals surface area contributed by atoms with Gasteiger partial charge in [0, 0.05) is 13.1 Å². The zero-order chi connectivity index (χ0) is 16.1. The number of halogens is 1. The quantitative estimate of drug-likeness (QED) is 0.888. The molecule has 2 atom stereocenters. The molecule has 1 aliphatic heterocycles. The van der Waals surface area contributed by atoms with Crippen molar-refractivity contribution in [2.75, 3.05) is 19.6 Å². The van der Waals surface area contributed by atoms with Gasteiger partial charge in [-0.1, -0.05) is 12.1 Å². The number of carbonyl (C=O) groups excluding carboxylic acids is 1. The first kappa shape index (κ1) is 16.2. The third-order valence-electron chi connectivity index (χ3n) is 3.40. The number of hydrogen-bond acceptors (Lipinski definition) is 3. The van der Waals surface area contributed by atoms with Crippen molar-refractivity contribution in [3.05, 3.63) is 35.6 Å². The number of carbonyl (C=O) groups is 2. The highest BCUT2D eigenvalue weighted by molar-refractivity contribution is 5.75. The molecule has 7 heteroatoms. The molecule has 0 radical (unpaired) electrons. The predicted molar refractivity (Wildman–Crippen MR) is 76.9 cm³/mol. The van der Waals surface area contributed by atoms with E-state index >= 15 is 0 Å². The molecule has 1 aromatic carbocycles. The molecule has 0 aromatic heterocycles. The van der Waals surface area contributed by atoms with E-state index in [2.05, 4.69) is 5.32 Å². The van der Waals surface area contributed by atoms with E-state index in [1.807, 2.05) is 6.92 Å². The Morgan fingerprint density at radius 2 is 2.05 bits per heavy atom. The van der Waals surface area contributed by atoms with Gasteiger partial charge in [0.1, 0.15) is 11.9 Å². The highest BCUT2D eigenvalue weighted by Crippen LogP contribution is 2.25. The summed E-state index contributed by atoms with van der Waals surface area (Å²) in [5.41, 5.74) is 0.802. The fraction of sp³-hybridized carbons (Fsp3) is 0.467. The Balaban J connectivity index is 1.96. The van der Waals surface area contributed by atoms with Crippen LogP contribution in [0.4, 0.5) is 9.18 Å². The van der Waals surface area contributed by atoms with Gasteiger partial charge in [-0.15, -0.1) is 0 Å². The van der Waals surface area contributed by atoms with E-state index in [1.165, 1.54) is 12.1 Å². The number of morpholine rings is 1. The van der Waals surface area contributed by atoms with Crippen molar-refractivity contribution >= 4 is 12.0 Å². The molecule has 0 bridgehead atoms. The van der Waals surface area contributed by atoms with Gasteiger partial charge < -0.3 is 20.1 Å². The first-order valence-corrected chi connectivity index (χ1v) is 7.11. The zero-order valence-electron chi connectivity index (χ0n) is 12.3. The number of urea groups is 1. The normalized spacial score (nSPS) is 21.5. The number of ether oxygens (including phenoxy) is 1. The fourth-order valence-electron chi connectivity index (χ4n) is 2.37. The minimum Gasteiger partial charge on any atom is -0.481 e. The summed E-state index contributed by atoms with van der Waals surface area (Å²) >= 11 is 0. The topological polar surface area (TPSA) is 78.9 Å². The Bertz CT molecular complexity index is 535. The Labute approximate surface area is 127 Å². The van der Waals surface area contributed by atoms with Crippen LogP contribution in [0.5, 0.6) is 0 Å². The molecule has 22 heavy (non-hydrogen) atoms. The Kier molecular flexibility index (Phi) is 5.32. The first-order chi connectivity index (χ1) is 10.5. The number of carboxylic acid groups (broad SMARTS) is 1. The van der Waals surface area contributed by atoms with E-state index in [0.29, 0.717) is 13.1 Å². The number of benzene rings is 1. The summed E-state index contributed by atoms with van der Waals surface area (Å²) in [7, 11) is 0. The maximum absolute atomic E-state index is 13.0. The van der Waals surface area contributed by atoms with Gasteiger partial charge in [0.05, 0.1) is 19.1 Å². The Hall–Kier alpha value is -2.15. The van der Waals surface area contributed by atoms with Crippen LogP contribution in [0, 0.1) is 5.82 Å². The van der Waals surface area contributed by atoms with Crippen LogP contribution in [0.25, 0.3) is 0 Å². The van der Waals surface area contributed by atoms with Gasteiger partial charge in [-0.25, -0.2) is 9.18 Å². The summed E-state index contributed by atoms with van der Waals surface area (Å²) in [6.45, 7) is 2.71. The number of rotatable bonds is 4. The molecule has 1 aromatic rings. The minimum absolute atomic E-state index is 0.0844. The van der Waals surface area contributed by atoms with Crippen molar-refractivity contribution in [2.45, 2.75) is 25.6 Å². The van der Waals surface area contributed by atoms with E-state index in [4.69, 9.17) is 9.84 Å². The molecular formula is C15H19FN2O4. The van der Waals surface area contributed by atoms with Crippen molar-refractivity contribution < 1.29 is 23.8 Å². The van der Waals surface area contributed by atoms with Crippen LogP contribution >= 0.6 is 0 Å². The molecule has 6 nitrogen and oxygen atoms in total. The molecule has 120 valence electrons. The zero-order valence-corrected chi connectivity index (χ0v) is 12.3. The molecule has 1 aliphatic rings. The second-order valence-corrected chi connectivity index (χ2v) is 5.27. The molecule has 1 heterocycles. The van der Waals surface area contributed by atoms with Crippen LogP contribution in [0.15, 0.2) is 24.3 Å². The van der Waals surface area contributed by atoms with Crippen molar-refractivity contribution in [1.29, 1.82) is 0 Å². The number of carboxylic acids is 1. The summed E-state index contributed by atoms with van der Waals surface area (Å²) in [6.07, 6.45) is -0.601. The Morgan fingerprint density at radius 1 is 1.36 bits per heavy atom. The van der Waals surface area contributed by atoms with Gasteiger partial charge in [-0.2, -0.15) is 0 Å². The van der Waals surface area contributed by atoms with Crippen LogP contribution in [0.3, 0.4) is 0 Å². The van der Waals surface area contributed by atoms with Gasteiger partial charge >= 0.3 is 12.0 Å². The number of hydrogen-bond donors (Lipinski definition) is 2. The Morgan fingerprint density at radius 3 is 2.68 bits per heavy atom. The molecule has 2 unspecified atom stereocenters. The van der Waals surface area contributed by atoms with Gasteiger partial charge in [0.25, 0.3) is 0 Å². The smallest absolute Gasteiger partial charge is 0.317 e. The van der Waals surface area contributed by atoms with E-state index in [-0.39, 0.29) is 37.0 Å².